The molecule has 17 heteroatoms. The number of benzene rings is 4. The largest absolute Gasteiger partial charge is 1.00 e. The summed E-state index contributed by atoms with van der Waals surface area (Å²) in [6.07, 6.45) is 2.11. The Morgan fingerprint density at radius 2 is 0.878 bits per heavy atom. The molecule has 4 aromatic rings. The first-order valence-corrected chi connectivity index (χ1v) is 16.5. The van der Waals surface area contributed by atoms with Crippen molar-refractivity contribution in [3.63, 3.8) is 0 Å². The van der Waals surface area contributed by atoms with E-state index in [1.54, 1.807) is 60.7 Å². The molecule has 6 rings (SSSR count). The molecule has 0 spiro atoms. The van der Waals surface area contributed by atoms with Crippen LogP contribution in [0.2, 0.25) is 0 Å². The van der Waals surface area contributed by atoms with Gasteiger partial charge in [-0.05, 0) is 83.9 Å². The molecule has 0 bridgehead atoms. The maximum absolute atomic E-state index is 13.3. The third kappa shape index (κ3) is 8.53. The van der Waals surface area contributed by atoms with Crippen molar-refractivity contribution in [2.75, 3.05) is 16.2 Å². The predicted molar refractivity (Wildman–Crippen MR) is 175 cm³/mol. The van der Waals surface area contributed by atoms with Gasteiger partial charge in [0.1, 0.15) is 31.7 Å². The molecule has 0 saturated heterocycles. The second-order valence-electron chi connectivity index (χ2n) is 10.2. The standard InChI is InChI=1S/C32H23N5O8S2.2Na/c38-31-25-13-11-23(15-19(25)17-27(46(40,41)42)29(31)36-34-21-7-3-1-4-8-21)33-24-12-14-26-20(16-24)18-28(47(43,44)45)30(32(26)39)37-35-22-9-5-2-6-10-22;;/h1-18,33-35H,(H,40,41,42)(H,43,44,45);;/q;2*+1/p-2/b36-29-,37-30+;;. The zero-order valence-corrected chi connectivity index (χ0v) is 31.5. The van der Waals surface area contributed by atoms with Gasteiger partial charge in [-0.1, -0.05) is 36.4 Å². The molecule has 13 nitrogen and oxygen atoms in total. The Labute approximate surface area is 325 Å². The first kappa shape index (κ1) is 38.1. The summed E-state index contributed by atoms with van der Waals surface area (Å²) in [4.78, 5) is 24.9. The van der Waals surface area contributed by atoms with Crippen LogP contribution in [0.3, 0.4) is 0 Å². The summed E-state index contributed by atoms with van der Waals surface area (Å²) in [6.45, 7) is 0. The fourth-order valence-electron chi connectivity index (χ4n) is 4.86. The Bertz CT molecular complexity index is 2150. The number of ketones is 2. The Kier molecular flexibility index (Phi) is 12.0. The molecule has 0 atom stereocenters. The van der Waals surface area contributed by atoms with E-state index in [0.29, 0.717) is 22.7 Å². The van der Waals surface area contributed by atoms with Gasteiger partial charge in [0.25, 0.3) is 0 Å². The molecule has 3 N–H and O–H groups in total. The van der Waals surface area contributed by atoms with Gasteiger partial charge in [0.05, 0.1) is 21.2 Å². The van der Waals surface area contributed by atoms with Crippen molar-refractivity contribution >= 4 is 78.1 Å². The summed E-state index contributed by atoms with van der Waals surface area (Å²) in [5.41, 5.74) is 6.17. The van der Waals surface area contributed by atoms with E-state index in [-0.39, 0.29) is 81.4 Å². The Hall–Kier alpha value is -3.74. The Morgan fingerprint density at radius 1 is 0.510 bits per heavy atom. The van der Waals surface area contributed by atoms with Crippen LogP contribution in [0.5, 0.6) is 0 Å². The zero-order valence-electron chi connectivity index (χ0n) is 25.9. The van der Waals surface area contributed by atoms with Crippen LogP contribution in [0.4, 0.5) is 22.7 Å². The summed E-state index contributed by atoms with van der Waals surface area (Å²) >= 11 is 0. The van der Waals surface area contributed by atoms with Gasteiger partial charge in [0.15, 0.2) is 0 Å². The molecule has 0 heterocycles. The van der Waals surface area contributed by atoms with Gasteiger partial charge in [-0.15, -0.1) is 0 Å². The van der Waals surface area contributed by atoms with Crippen molar-refractivity contribution < 1.29 is 94.6 Å². The minimum atomic E-state index is -5.11. The minimum Gasteiger partial charge on any atom is -0.744 e. The van der Waals surface area contributed by atoms with Gasteiger partial charge in [-0.2, -0.15) is 10.2 Å². The minimum absolute atomic E-state index is 0. The third-order valence-electron chi connectivity index (χ3n) is 7.03. The number of Topliss-reactive ketones (excluding diaryl/α,β-unsaturated/α-hetero) is 2. The smallest absolute Gasteiger partial charge is 0.744 e. The van der Waals surface area contributed by atoms with Gasteiger partial charge in [0.2, 0.25) is 11.6 Å². The molecule has 0 radical (unpaired) electrons. The molecular formula is C32H21N5Na2O8S2. The number of hydrogen-bond donors (Lipinski definition) is 3. The summed E-state index contributed by atoms with van der Waals surface area (Å²) in [5.74, 6) is -1.56. The van der Waals surface area contributed by atoms with E-state index in [0.717, 1.165) is 12.2 Å². The second kappa shape index (κ2) is 15.4. The average Bonchev–Trinajstić information content (AvgIpc) is 3.03. The SMILES string of the molecule is O=C1/C(=N/Nc2ccccc2)C(S(=O)(=O)[O-])=Cc2cc(Nc3ccc4c(c3)C=C(S(=O)(=O)[O-])/C(=N/Nc3ccccc3)C4=O)ccc21.[Na+].[Na+]. The maximum atomic E-state index is 13.3. The number of nitrogens with one attached hydrogen (secondary N) is 3. The molecule has 2 aliphatic rings. The van der Waals surface area contributed by atoms with E-state index in [1.165, 1.54) is 36.4 Å². The topological polar surface area (TPSA) is 209 Å². The molecule has 0 aliphatic heterocycles. The van der Waals surface area contributed by atoms with Crippen molar-refractivity contribution in [2.45, 2.75) is 0 Å². The number of hydrogen-bond acceptors (Lipinski definition) is 13. The first-order valence-electron chi connectivity index (χ1n) is 13.7. The fraction of sp³-hybridized carbons (Fsp3) is 0. The molecule has 2 aliphatic carbocycles. The van der Waals surface area contributed by atoms with E-state index < -0.39 is 53.0 Å². The summed E-state index contributed by atoms with van der Waals surface area (Å²) in [7, 11) is -10.2. The van der Waals surface area contributed by atoms with Crippen LogP contribution in [0.1, 0.15) is 31.8 Å². The molecule has 0 saturated carbocycles. The van der Waals surface area contributed by atoms with Crippen LogP contribution in [0.15, 0.2) is 117 Å². The van der Waals surface area contributed by atoms with Crippen LogP contribution >= 0.6 is 0 Å². The van der Waals surface area contributed by atoms with Crippen LogP contribution in [-0.4, -0.2) is 48.9 Å². The van der Waals surface area contributed by atoms with Crippen LogP contribution in [-0.2, 0) is 20.2 Å². The number of fused-ring (bicyclic) bond motifs is 2. The summed E-state index contributed by atoms with van der Waals surface area (Å²) in [6, 6.07) is 25.7. The monoisotopic (exact) mass is 713 g/mol. The molecule has 0 unspecified atom stereocenters. The molecule has 49 heavy (non-hydrogen) atoms. The number of anilines is 4. The number of carbonyl (C=O) groups is 2. The third-order valence-corrected chi connectivity index (χ3v) is 8.73. The van der Waals surface area contributed by atoms with E-state index in [4.69, 9.17) is 0 Å². The molecule has 236 valence electrons. The van der Waals surface area contributed by atoms with Gasteiger partial charge in [-0.3, -0.25) is 20.4 Å². The summed E-state index contributed by atoms with van der Waals surface area (Å²) in [5, 5.41) is 10.9. The molecule has 0 fully saturated rings. The number of hydrazone groups is 2. The van der Waals surface area contributed by atoms with Gasteiger partial charge in [0, 0.05) is 22.5 Å². The van der Waals surface area contributed by atoms with Gasteiger partial charge in [-0.25, -0.2) is 16.8 Å². The normalized spacial score (nSPS) is 15.6. The predicted octanol–water partition coefficient (Wildman–Crippen LogP) is -1.46. The van der Waals surface area contributed by atoms with Crippen LogP contribution in [0, 0.1) is 0 Å². The Balaban J connectivity index is 0.00000270. The number of nitrogens with zero attached hydrogens (tertiary/aromatic N) is 2. The zero-order chi connectivity index (χ0) is 33.3. The van der Waals surface area contributed by atoms with Crippen molar-refractivity contribution in [3.05, 3.63) is 129 Å². The van der Waals surface area contributed by atoms with E-state index in [2.05, 4.69) is 26.4 Å². The molecular weight excluding hydrogens is 692 g/mol. The van der Waals surface area contributed by atoms with Crippen LogP contribution < -0.4 is 75.3 Å². The fourth-order valence-corrected chi connectivity index (χ4v) is 6.15. The molecule has 0 aromatic heterocycles. The van der Waals surface area contributed by atoms with Crippen molar-refractivity contribution in [1.82, 2.24) is 0 Å². The second-order valence-corrected chi connectivity index (χ2v) is 12.9. The van der Waals surface area contributed by atoms with Crippen molar-refractivity contribution in [1.29, 1.82) is 0 Å². The van der Waals surface area contributed by atoms with E-state index >= 15 is 0 Å². The molecule has 0 amide bonds. The number of rotatable bonds is 8. The van der Waals surface area contributed by atoms with E-state index in [9.17, 15) is 35.5 Å². The van der Waals surface area contributed by atoms with Crippen LogP contribution in [0.25, 0.3) is 12.2 Å². The van der Waals surface area contributed by atoms with Gasteiger partial charge < -0.3 is 14.4 Å². The number of allylic oxidation sites excluding steroid dienone is 2. The van der Waals surface area contributed by atoms with Crippen molar-refractivity contribution in [2.24, 2.45) is 10.2 Å². The maximum Gasteiger partial charge on any atom is 1.00 e. The Morgan fingerprint density at radius 3 is 1.22 bits per heavy atom. The average molecular weight is 714 g/mol. The van der Waals surface area contributed by atoms with Gasteiger partial charge >= 0.3 is 59.1 Å². The van der Waals surface area contributed by atoms with E-state index in [1.807, 2.05) is 0 Å². The first-order chi connectivity index (χ1) is 22.4. The number of carbonyl (C=O) groups excluding carboxylic acids is 2. The van der Waals surface area contributed by atoms with Crippen molar-refractivity contribution in [3.8, 4) is 0 Å². The summed E-state index contributed by atoms with van der Waals surface area (Å²) < 4.78 is 72.8. The number of para-hydroxylation sites is 2. The molecule has 4 aromatic carbocycles. The quantitative estimate of drug-likeness (QED) is 0.109.